The molecule has 0 radical (unpaired) electrons. The molecule has 0 amide bonds. The van der Waals surface area contributed by atoms with Crippen LogP contribution in [0.2, 0.25) is 0 Å². The average Bonchev–Trinajstić information content (AvgIpc) is 3.14. The van der Waals surface area contributed by atoms with E-state index in [0.717, 1.165) is 33.5 Å². The Morgan fingerprint density at radius 2 is 1.87 bits per heavy atom. The normalized spacial score (nSPS) is 11.2. The van der Waals surface area contributed by atoms with Gasteiger partial charge in [0.1, 0.15) is 11.6 Å². The van der Waals surface area contributed by atoms with Crippen LogP contribution in [-0.4, -0.2) is 27.8 Å². The number of ketones is 1. The number of hydrogen-bond donors (Lipinski definition) is 2. The van der Waals surface area contributed by atoms with Gasteiger partial charge in [-0.05, 0) is 49.4 Å². The lowest BCUT2D eigenvalue weighted by molar-refractivity contribution is 0.103. The third-order valence-electron chi connectivity index (χ3n) is 3.94. The number of H-pyrrole nitrogens is 2. The summed E-state index contributed by atoms with van der Waals surface area (Å²) >= 11 is 0. The molecule has 0 aliphatic rings. The van der Waals surface area contributed by atoms with E-state index in [-0.39, 0.29) is 5.78 Å². The summed E-state index contributed by atoms with van der Waals surface area (Å²) in [5.74, 6) is 1.55. The molecule has 5 nitrogen and oxygen atoms in total. The van der Waals surface area contributed by atoms with E-state index < -0.39 is 0 Å². The van der Waals surface area contributed by atoms with Gasteiger partial charge in [-0.25, -0.2) is 4.98 Å². The summed E-state index contributed by atoms with van der Waals surface area (Å²) in [4.78, 5) is 23.4. The van der Waals surface area contributed by atoms with Gasteiger partial charge in [0.2, 0.25) is 5.78 Å². The zero-order valence-electron chi connectivity index (χ0n) is 12.8. The first kappa shape index (κ1) is 13.6. The Kier molecular flexibility index (Phi) is 2.94. The van der Waals surface area contributed by atoms with Crippen LogP contribution in [0.5, 0.6) is 5.75 Å². The number of benzene rings is 2. The number of carbonyl (C=O) groups is 1. The monoisotopic (exact) mass is 305 g/mol. The number of fused-ring (bicyclic) bond motifs is 2. The standard InChI is InChI=1S/C18H15N3O2/c1-10-19-15-5-3-11(8-16(15)20-10)18(22)17-9-12-7-13(23-2)4-6-14(12)21-17/h3-9,21H,1-2H3,(H,19,20). The summed E-state index contributed by atoms with van der Waals surface area (Å²) in [5, 5.41) is 0.949. The van der Waals surface area contributed by atoms with Crippen LogP contribution >= 0.6 is 0 Å². The Labute approximate surface area is 132 Å². The topological polar surface area (TPSA) is 70.8 Å². The molecule has 5 heteroatoms. The fraction of sp³-hybridized carbons (Fsp3) is 0.111. The predicted molar refractivity (Wildman–Crippen MR) is 89.1 cm³/mol. The van der Waals surface area contributed by atoms with Crippen molar-refractivity contribution in [1.82, 2.24) is 15.0 Å². The highest BCUT2D eigenvalue weighted by atomic mass is 16.5. The van der Waals surface area contributed by atoms with Gasteiger partial charge in [0.25, 0.3) is 0 Å². The highest BCUT2D eigenvalue weighted by molar-refractivity contribution is 6.11. The first-order valence-electron chi connectivity index (χ1n) is 7.32. The third kappa shape index (κ3) is 2.26. The minimum Gasteiger partial charge on any atom is -0.497 e. The Balaban J connectivity index is 1.77. The first-order chi connectivity index (χ1) is 11.1. The molecule has 0 spiro atoms. The van der Waals surface area contributed by atoms with Crippen molar-refractivity contribution in [1.29, 1.82) is 0 Å². The number of aryl methyl sites for hydroxylation is 1. The van der Waals surface area contributed by atoms with E-state index >= 15 is 0 Å². The lowest BCUT2D eigenvalue weighted by Gasteiger charge is -1.98. The molecule has 23 heavy (non-hydrogen) atoms. The van der Waals surface area contributed by atoms with E-state index in [4.69, 9.17) is 4.74 Å². The number of carbonyl (C=O) groups excluding carboxylic acids is 1. The second-order valence-electron chi connectivity index (χ2n) is 5.52. The lowest BCUT2D eigenvalue weighted by atomic mass is 10.1. The molecule has 2 heterocycles. The fourth-order valence-electron chi connectivity index (χ4n) is 2.79. The summed E-state index contributed by atoms with van der Waals surface area (Å²) in [6.45, 7) is 1.90. The van der Waals surface area contributed by atoms with Gasteiger partial charge in [-0.1, -0.05) is 0 Å². The summed E-state index contributed by atoms with van der Waals surface area (Å²) in [6.07, 6.45) is 0. The van der Waals surface area contributed by atoms with Gasteiger partial charge in [0, 0.05) is 16.5 Å². The third-order valence-corrected chi connectivity index (χ3v) is 3.94. The molecule has 0 bridgehead atoms. The molecule has 0 atom stereocenters. The van der Waals surface area contributed by atoms with Crippen molar-refractivity contribution in [2.75, 3.05) is 7.11 Å². The molecule has 114 valence electrons. The van der Waals surface area contributed by atoms with Gasteiger partial charge >= 0.3 is 0 Å². The van der Waals surface area contributed by atoms with Crippen LogP contribution in [0.25, 0.3) is 21.9 Å². The highest BCUT2D eigenvalue weighted by Gasteiger charge is 2.14. The Bertz CT molecular complexity index is 1040. The van der Waals surface area contributed by atoms with Gasteiger partial charge in [-0.15, -0.1) is 0 Å². The molecule has 0 saturated carbocycles. The fourth-order valence-corrected chi connectivity index (χ4v) is 2.79. The van der Waals surface area contributed by atoms with Crippen molar-refractivity contribution in [2.45, 2.75) is 6.92 Å². The van der Waals surface area contributed by atoms with Crippen LogP contribution in [0, 0.1) is 6.92 Å². The molecule has 2 N–H and O–H groups in total. The minimum atomic E-state index is -0.0530. The molecule has 0 aliphatic heterocycles. The quantitative estimate of drug-likeness (QED) is 0.568. The molecule has 4 aromatic rings. The van der Waals surface area contributed by atoms with Crippen molar-refractivity contribution in [2.24, 2.45) is 0 Å². The van der Waals surface area contributed by atoms with Crippen molar-refractivity contribution >= 4 is 27.7 Å². The van der Waals surface area contributed by atoms with Gasteiger partial charge in [0.15, 0.2) is 0 Å². The van der Waals surface area contributed by atoms with Crippen LogP contribution in [0.15, 0.2) is 42.5 Å². The maximum Gasteiger partial charge on any atom is 0.209 e. The molecule has 2 aromatic carbocycles. The van der Waals surface area contributed by atoms with Gasteiger partial charge in [0.05, 0.1) is 23.8 Å². The van der Waals surface area contributed by atoms with Crippen molar-refractivity contribution in [3.8, 4) is 5.75 Å². The van der Waals surface area contributed by atoms with E-state index in [9.17, 15) is 4.79 Å². The van der Waals surface area contributed by atoms with Gasteiger partial charge in [-0.3, -0.25) is 4.79 Å². The Morgan fingerprint density at radius 1 is 1.04 bits per heavy atom. The first-order valence-corrected chi connectivity index (χ1v) is 7.32. The maximum atomic E-state index is 12.7. The van der Waals surface area contributed by atoms with Gasteiger partial charge < -0.3 is 14.7 Å². The summed E-state index contributed by atoms with van der Waals surface area (Å²) in [6, 6.07) is 13.0. The van der Waals surface area contributed by atoms with E-state index in [0.29, 0.717) is 11.3 Å². The number of imidazole rings is 1. The molecule has 0 fully saturated rings. The summed E-state index contributed by atoms with van der Waals surface area (Å²) in [5.41, 5.74) is 3.81. The molecule has 0 aliphatic carbocycles. The number of methoxy groups -OCH3 is 1. The molecule has 0 unspecified atom stereocenters. The largest absolute Gasteiger partial charge is 0.497 e. The predicted octanol–water partition coefficient (Wildman–Crippen LogP) is 3.59. The summed E-state index contributed by atoms with van der Waals surface area (Å²) < 4.78 is 5.22. The Morgan fingerprint density at radius 3 is 2.70 bits per heavy atom. The van der Waals surface area contributed by atoms with Crippen molar-refractivity contribution in [3.05, 3.63) is 59.5 Å². The number of nitrogens with one attached hydrogen (secondary N) is 2. The minimum absolute atomic E-state index is 0.0530. The number of rotatable bonds is 3. The zero-order valence-corrected chi connectivity index (χ0v) is 12.8. The van der Waals surface area contributed by atoms with E-state index in [1.54, 1.807) is 7.11 Å². The molecular weight excluding hydrogens is 290 g/mol. The molecule has 0 saturated heterocycles. The van der Waals surface area contributed by atoms with Crippen LogP contribution in [0.3, 0.4) is 0 Å². The summed E-state index contributed by atoms with van der Waals surface area (Å²) in [7, 11) is 1.63. The smallest absolute Gasteiger partial charge is 0.209 e. The van der Waals surface area contributed by atoms with Gasteiger partial charge in [-0.2, -0.15) is 0 Å². The molecule has 2 aromatic heterocycles. The van der Waals surface area contributed by atoms with E-state index in [1.165, 1.54) is 0 Å². The van der Waals surface area contributed by atoms with Crippen molar-refractivity contribution in [3.63, 3.8) is 0 Å². The molecular formula is C18H15N3O2. The molecule has 4 rings (SSSR count). The number of ether oxygens (including phenoxy) is 1. The number of aromatic amines is 2. The number of nitrogens with zero attached hydrogens (tertiary/aromatic N) is 1. The second kappa shape index (κ2) is 4.98. The van der Waals surface area contributed by atoms with Crippen LogP contribution < -0.4 is 4.74 Å². The average molecular weight is 305 g/mol. The van der Waals surface area contributed by atoms with Crippen LogP contribution in [-0.2, 0) is 0 Å². The number of hydrogen-bond acceptors (Lipinski definition) is 3. The van der Waals surface area contributed by atoms with E-state index in [2.05, 4.69) is 15.0 Å². The Hall–Kier alpha value is -3.08. The van der Waals surface area contributed by atoms with Crippen LogP contribution in [0.1, 0.15) is 21.9 Å². The van der Waals surface area contributed by atoms with E-state index in [1.807, 2.05) is 49.4 Å². The maximum absolute atomic E-state index is 12.7. The highest BCUT2D eigenvalue weighted by Crippen LogP contribution is 2.23. The zero-order chi connectivity index (χ0) is 16.0. The van der Waals surface area contributed by atoms with Crippen LogP contribution in [0.4, 0.5) is 0 Å². The second-order valence-corrected chi connectivity index (χ2v) is 5.52. The SMILES string of the molecule is COc1ccc2[nH]c(C(=O)c3ccc4[nH]c(C)nc4c3)cc2c1. The van der Waals surface area contributed by atoms with Crippen molar-refractivity contribution < 1.29 is 9.53 Å². The number of aromatic nitrogens is 3. The lowest BCUT2D eigenvalue weighted by Crippen LogP contribution is -2.01.